The second-order valence-corrected chi connectivity index (χ2v) is 6.64. The second-order valence-electron chi connectivity index (χ2n) is 6.64. The number of benzene rings is 2. The van der Waals surface area contributed by atoms with Crippen molar-refractivity contribution in [2.45, 2.75) is 26.6 Å². The molecule has 0 aromatic heterocycles. The van der Waals surface area contributed by atoms with Crippen molar-refractivity contribution in [2.75, 3.05) is 13.2 Å². The third kappa shape index (κ3) is 7.51. The number of rotatable bonds is 11. The molecular weight excluding hydrogens is 308 g/mol. The van der Waals surface area contributed by atoms with Crippen LogP contribution >= 0.6 is 0 Å². The van der Waals surface area contributed by atoms with Crippen molar-refractivity contribution in [1.29, 1.82) is 0 Å². The monoisotopic (exact) mass is 336 g/mol. The summed E-state index contributed by atoms with van der Waals surface area (Å²) in [5, 5.41) is 0. The minimum Gasteiger partial charge on any atom is -0.376 e. The Hall–Kier alpha value is -2.16. The van der Waals surface area contributed by atoms with E-state index in [-0.39, 0.29) is 5.41 Å². The molecule has 0 amide bonds. The molecule has 0 saturated heterocycles. The fraction of sp³-hybridized carbons (Fsp3) is 0.304. The maximum Gasteiger partial charge on any atom is 0.0717 e. The molecule has 0 aliphatic heterocycles. The highest BCUT2D eigenvalue weighted by Gasteiger charge is 2.24. The average molecular weight is 336 g/mol. The standard InChI is InChI=1S/C23H28O2/c1-3-4-11-16-23(2,19-24-17-21-12-7-5-8-13-21)20-25-18-22-14-9-6-10-15-22/h3-15H,1,16-20H2,2H3/b11-4+. The Kier molecular flexibility index (Phi) is 8.17. The molecule has 2 aromatic rings. The van der Waals surface area contributed by atoms with Crippen molar-refractivity contribution in [1.82, 2.24) is 0 Å². The molecule has 0 atom stereocenters. The highest BCUT2D eigenvalue weighted by Crippen LogP contribution is 2.24. The van der Waals surface area contributed by atoms with Gasteiger partial charge in [0.05, 0.1) is 26.4 Å². The summed E-state index contributed by atoms with van der Waals surface area (Å²) in [5.74, 6) is 0. The molecule has 0 radical (unpaired) electrons. The average Bonchev–Trinajstić information content (AvgIpc) is 2.64. The molecule has 0 aliphatic carbocycles. The summed E-state index contributed by atoms with van der Waals surface area (Å²) in [6.45, 7) is 8.49. The first-order valence-corrected chi connectivity index (χ1v) is 8.73. The van der Waals surface area contributed by atoms with E-state index in [9.17, 15) is 0 Å². The van der Waals surface area contributed by atoms with E-state index in [1.807, 2.05) is 42.5 Å². The summed E-state index contributed by atoms with van der Waals surface area (Å²) in [6.07, 6.45) is 6.80. The molecule has 25 heavy (non-hydrogen) atoms. The summed E-state index contributed by atoms with van der Waals surface area (Å²) in [5.41, 5.74) is 2.32. The van der Waals surface area contributed by atoms with Crippen LogP contribution in [0.5, 0.6) is 0 Å². The van der Waals surface area contributed by atoms with Crippen LogP contribution in [0.2, 0.25) is 0 Å². The van der Waals surface area contributed by atoms with Gasteiger partial charge in [0.1, 0.15) is 0 Å². The highest BCUT2D eigenvalue weighted by atomic mass is 16.5. The fourth-order valence-electron chi connectivity index (χ4n) is 2.59. The molecule has 0 aliphatic rings. The number of hydrogen-bond donors (Lipinski definition) is 0. The van der Waals surface area contributed by atoms with Crippen LogP contribution in [0.4, 0.5) is 0 Å². The van der Waals surface area contributed by atoms with Gasteiger partial charge in [-0.1, -0.05) is 92.4 Å². The zero-order valence-corrected chi connectivity index (χ0v) is 15.1. The first-order valence-electron chi connectivity index (χ1n) is 8.73. The van der Waals surface area contributed by atoms with Crippen LogP contribution in [-0.2, 0) is 22.7 Å². The van der Waals surface area contributed by atoms with Gasteiger partial charge in [0, 0.05) is 5.41 Å². The van der Waals surface area contributed by atoms with E-state index >= 15 is 0 Å². The summed E-state index contributed by atoms with van der Waals surface area (Å²) >= 11 is 0. The molecule has 0 heterocycles. The Morgan fingerprint density at radius 2 is 1.32 bits per heavy atom. The lowest BCUT2D eigenvalue weighted by molar-refractivity contribution is -0.0222. The maximum atomic E-state index is 5.98. The SMILES string of the molecule is C=C/C=C/CC(C)(COCc1ccccc1)COCc1ccccc1. The van der Waals surface area contributed by atoms with Crippen LogP contribution in [0.1, 0.15) is 24.5 Å². The lowest BCUT2D eigenvalue weighted by Crippen LogP contribution is -2.28. The maximum absolute atomic E-state index is 5.98. The largest absolute Gasteiger partial charge is 0.376 e. The second kappa shape index (κ2) is 10.7. The van der Waals surface area contributed by atoms with E-state index in [2.05, 4.69) is 43.8 Å². The molecule has 2 heteroatoms. The van der Waals surface area contributed by atoms with Crippen molar-refractivity contribution in [3.63, 3.8) is 0 Å². The summed E-state index contributed by atoms with van der Waals surface area (Å²) in [6, 6.07) is 20.5. The van der Waals surface area contributed by atoms with Gasteiger partial charge in [-0.2, -0.15) is 0 Å². The van der Waals surface area contributed by atoms with Crippen LogP contribution in [0.15, 0.2) is 85.5 Å². The molecule has 2 aromatic carbocycles. The van der Waals surface area contributed by atoms with Gasteiger partial charge in [0.15, 0.2) is 0 Å². The number of ether oxygens (including phenoxy) is 2. The lowest BCUT2D eigenvalue weighted by Gasteiger charge is -2.28. The molecule has 2 nitrogen and oxygen atoms in total. The van der Waals surface area contributed by atoms with E-state index in [0.717, 1.165) is 6.42 Å². The molecule has 132 valence electrons. The van der Waals surface area contributed by atoms with Gasteiger partial charge in [0.2, 0.25) is 0 Å². The van der Waals surface area contributed by atoms with Gasteiger partial charge < -0.3 is 9.47 Å². The molecular formula is C23H28O2. The minimum atomic E-state index is -0.0664. The van der Waals surface area contributed by atoms with Crippen molar-refractivity contribution >= 4 is 0 Å². The molecule has 2 rings (SSSR count). The third-order valence-electron chi connectivity index (χ3n) is 4.01. The Labute approximate surface area is 151 Å². The van der Waals surface area contributed by atoms with Crippen molar-refractivity contribution in [2.24, 2.45) is 5.41 Å². The van der Waals surface area contributed by atoms with Gasteiger partial charge >= 0.3 is 0 Å². The van der Waals surface area contributed by atoms with E-state index < -0.39 is 0 Å². The Balaban J connectivity index is 1.85. The lowest BCUT2D eigenvalue weighted by atomic mass is 9.88. The van der Waals surface area contributed by atoms with Crippen molar-refractivity contribution in [3.8, 4) is 0 Å². The third-order valence-corrected chi connectivity index (χ3v) is 4.01. The molecule has 0 fully saturated rings. The molecule has 0 spiro atoms. The minimum absolute atomic E-state index is 0.0664. The highest BCUT2D eigenvalue weighted by molar-refractivity contribution is 5.14. The van der Waals surface area contributed by atoms with Crippen molar-refractivity contribution in [3.05, 3.63) is 96.6 Å². The zero-order valence-electron chi connectivity index (χ0n) is 15.1. The number of hydrogen-bond acceptors (Lipinski definition) is 2. The van der Waals surface area contributed by atoms with Crippen LogP contribution < -0.4 is 0 Å². The quantitative estimate of drug-likeness (QED) is 0.500. The van der Waals surface area contributed by atoms with Gasteiger partial charge in [-0.15, -0.1) is 0 Å². The van der Waals surface area contributed by atoms with Gasteiger partial charge in [-0.25, -0.2) is 0 Å². The number of allylic oxidation sites excluding steroid dienone is 3. The van der Waals surface area contributed by atoms with Crippen LogP contribution in [0.25, 0.3) is 0 Å². The summed E-state index contributed by atoms with van der Waals surface area (Å²) < 4.78 is 12.0. The Bertz CT molecular complexity index is 586. The van der Waals surface area contributed by atoms with E-state index in [4.69, 9.17) is 9.47 Å². The van der Waals surface area contributed by atoms with Crippen molar-refractivity contribution < 1.29 is 9.47 Å². The summed E-state index contributed by atoms with van der Waals surface area (Å²) in [4.78, 5) is 0. The van der Waals surface area contributed by atoms with Crippen LogP contribution in [-0.4, -0.2) is 13.2 Å². The van der Waals surface area contributed by atoms with E-state index in [1.165, 1.54) is 11.1 Å². The molecule has 0 saturated carbocycles. The first kappa shape index (κ1) is 19.2. The van der Waals surface area contributed by atoms with Crippen LogP contribution in [0.3, 0.4) is 0 Å². The van der Waals surface area contributed by atoms with E-state index in [1.54, 1.807) is 6.08 Å². The first-order chi connectivity index (χ1) is 12.2. The van der Waals surface area contributed by atoms with Gasteiger partial charge in [-0.05, 0) is 17.5 Å². The Morgan fingerprint density at radius 3 is 1.76 bits per heavy atom. The summed E-state index contributed by atoms with van der Waals surface area (Å²) in [7, 11) is 0. The van der Waals surface area contributed by atoms with Crippen LogP contribution in [0, 0.1) is 5.41 Å². The van der Waals surface area contributed by atoms with Gasteiger partial charge in [0.25, 0.3) is 0 Å². The molecule has 0 N–H and O–H groups in total. The van der Waals surface area contributed by atoms with Gasteiger partial charge in [-0.3, -0.25) is 0 Å². The molecule has 0 unspecified atom stereocenters. The predicted octanol–water partition coefficient (Wildman–Crippen LogP) is 5.56. The Morgan fingerprint density at radius 1 is 0.840 bits per heavy atom. The predicted molar refractivity (Wildman–Crippen MR) is 104 cm³/mol. The topological polar surface area (TPSA) is 18.5 Å². The normalized spacial score (nSPS) is 11.7. The zero-order chi connectivity index (χ0) is 17.8. The smallest absolute Gasteiger partial charge is 0.0717 e. The van der Waals surface area contributed by atoms with E-state index in [0.29, 0.717) is 26.4 Å². The fourth-order valence-corrected chi connectivity index (χ4v) is 2.59. The molecule has 0 bridgehead atoms.